The predicted octanol–water partition coefficient (Wildman–Crippen LogP) is 3.39. The van der Waals surface area contributed by atoms with Gasteiger partial charge in [-0.3, -0.25) is 4.79 Å². The molecule has 0 aliphatic heterocycles. The summed E-state index contributed by atoms with van der Waals surface area (Å²) in [5, 5.41) is 11.3. The Bertz CT molecular complexity index is 572. The van der Waals surface area contributed by atoms with E-state index in [0.29, 0.717) is 6.07 Å². The van der Waals surface area contributed by atoms with Crippen molar-refractivity contribution in [1.29, 1.82) is 0 Å². The Kier molecular flexibility index (Phi) is 3.77. The van der Waals surface area contributed by atoms with Crippen molar-refractivity contribution >= 4 is 11.6 Å². The SMILES string of the molecule is O=C(Nc1cc(F)c(C(F)(F)F)cc1O)[C@H]1C[C@@H]1C(F)F. The average Bonchev–Trinajstić information content (AvgIpc) is 3.12. The Hall–Kier alpha value is -1.93. The van der Waals surface area contributed by atoms with Crippen molar-refractivity contribution < 1.29 is 36.2 Å². The fourth-order valence-corrected chi connectivity index (χ4v) is 1.90. The van der Waals surface area contributed by atoms with Gasteiger partial charge in [-0.2, -0.15) is 13.2 Å². The molecule has 2 rings (SSSR count). The van der Waals surface area contributed by atoms with E-state index in [1.54, 1.807) is 0 Å². The molecule has 0 heterocycles. The van der Waals surface area contributed by atoms with Gasteiger partial charge in [-0.25, -0.2) is 13.2 Å². The number of anilines is 1. The van der Waals surface area contributed by atoms with Crippen LogP contribution in [0, 0.1) is 17.7 Å². The highest BCUT2D eigenvalue weighted by Gasteiger charge is 2.49. The summed E-state index contributed by atoms with van der Waals surface area (Å²) in [4.78, 5) is 11.5. The summed E-state index contributed by atoms with van der Waals surface area (Å²) < 4.78 is 75.0. The summed E-state index contributed by atoms with van der Waals surface area (Å²) in [7, 11) is 0. The summed E-state index contributed by atoms with van der Waals surface area (Å²) in [6.07, 6.45) is -7.74. The summed E-state index contributed by atoms with van der Waals surface area (Å²) in [5.41, 5.74) is -2.28. The van der Waals surface area contributed by atoms with E-state index in [2.05, 4.69) is 0 Å². The molecule has 0 saturated heterocycles. The second-order valence-corrected chi connectivity index (χ2v) is 4.68. The standard InChI is InChI=1S/C12H9F6NO2/c13-7-3-8(9(20)2-6(7)12(16,17)18)19-11(21)5-1-4(5)10(14)15/h2-5,10,20H,1H2,(H,19,21)/t4-,5-/m0/s1. The molecule has 3 nitrogen and oxygen atoms in total. The van der Waals surface area contributed by atoms with Crippen molar-refractivity contribution in [2.75, 3.05) is 5.32 Å². The van der Waals surface area contributed by atoms with Crippen LogP contribution >= 0.6 is 0 Å². The molecule has 1 saturated carbocycles. The summed E-state index contributed by atoms with van der Waals surface area (Å²) in [6, 6.07) is 0.429. The molecule has 0 unspecified atom stereocenters. The zero-order valence-electron chi connectivity index (χ0n) is 10.2. The highest BCUT2D eigenvalue weighted by Crippen LogP contribution is 2.44. The van der Waals surface area contributed by atoms with Gasteiger partial charge in [0, 0.05) is 17.9 Å². The molecule has 0 radical (unpaired) electrons. The lowest BCUT2D eigenvalue weighted by atomic mass is 10.1. The number of carbonyl (C=O) groups is 1. The first-order valence-corrected chi connectivity index (χ1v) is 5.80. The second-order valence-electron chi connectivity index (χ2n) is 4.68. The molecule has 0 aromatic heterocycles. The maximum Gasteiger partial charge on any atom is 0.419 e. The summed E-state index contributed by atoms with van der Waals surface area (Å²) in [5.74, 6) is -5.68. The largest absolute Gasteiger partial charge is 0.506 e. The monoisotopic (exact) mass is 313 g/mol. The maximum absolute atomic E-state index is 13.3. The zero-order valence-corrected chi connectivity index (χ0v) is 10.2. The number of aromatic hydroxyl groups is 1. The molecule has 2 N–H and O–H groups in total. The third-order valence-corrected chi connectivity index (χ3v) is 3.15. The molecule has 9 heteroatoms. The molecule has 1 fully saturated rings. The van der Waals surface area contributed by atoms with Crippen molar-refractivity contribution in [3.63, 3.8) is 0 Å². The molecule has 2 atom stereocenters. The van der Waals surface area contributed by atoms with Gasteiger partial charge in [-0.15, -0.1) is 0 Å². The molecule has 0 bridgehead atoms. The van der Waals surface area contributed by atoms with Crippen LogP contribution in [-0.2, 0) is 11.0 Å². The topological polar surface area (TPSA) is 49.3 Å². The van der Waals surface area contributed by atoms with Gasteiger partial charge in [0.15, 0.2) is 0 Å². The molecule has 21 heavy (non-hydrogen) atoms. The van der Waals surface area contributed by atoms with E-state index in [0.717, 1.165) is 0 Å². The maximum atomic E-state index is 13.3. The lowest BCUT2D eigenvalue weighted by molar-refractivity contribution is -0.140. The number of rotatable bonds is 3. The normalized spacial score (nSPS) is 21.5. The van der Waals surface area contributed by atoms with E-state index in [1.807, 2.05) is 5.32 Å². The van der Waals surface area contributed by atoms with Crippen molar-refractivity contribution in [3.05, 3.63) is 23.5 Å². The van der Waals surface area contributed by atoms with Crippen LogP contribution in [0.25, 0.3) is 0 Å². The van der Waals surface area contributed by atoms with E-state index >= 15 is 0 Å². The Labute approximate surface area is 114 Å². The van der Waals surface area contributed by atoms with Gasteiger partial charge in [-0.05, 0) is 12.5 Å². The number of benzene rings is 1. The third-order valence-electron chi connectivity index (χ3n) is 3.15. The van der Waals surface area contributed by atoms with Crippen molar-refractivity contribution in [2.24, 2.45) is 11.8 Å². The van der Waals surface area contributed by atoms with E-state index in [-0.39, 0.29) is 12.5 Å². The van der Waals surface area contributed by atoms with Gasteiger partial charge < -0.3 is 10.4 Å². The number of alkyl halides is 5. The lowest BCUT2D eigenvalue weighted by Crippen LogP contribution is -2.17. The highest BCUT2D eigenvalue weighted by molar-refractivity contribution is 5.95. The first-order valence-electron chi connectivity index (χ1n) is 5.80. The molecule has 1 aliphatic rings. The summed E-state index contributed by atoms with van der Waals surface area (Å²) >= 11 is 0. The molecule has 1 amide bonds. The molecule has 116 valence electrons. The van der Waals surface area contributed by atoms with Crippen LogP contribution in [0.5, 0.6) is 5.75 Å². The first-order chi connectivity index (χ1) is 9.61. The number of amides is 1. The number of phenols is 1. The number of halogens is 6. The smallest absolute Gasteiger partial charge is 0.419 e. The van der Waals surface area contributed by atoms with E-state index in [9.17, 15) is 36.2 Å². The van der Waals surface area contributed by atoms with Crippen LogP contribution in [0.15, 0.2) is 12.1 Å². The van der Waals surface area contributed by atoms with Crippen LogP contribution in [-0.4, -0.2) is 17.4 Å². The fourth-order valence-electron chi connectivity index (χ4n) is 1.90. The number of nitrogens with one attached hydrogen (secondary N) is 1. The minimum Gasteiger partial charge on any atom is -0.506 e. The van der Waals surface area contributed by atoms with Crippen LogP contribution in [0.4, 0.5) is 32.0 Å². The number of phenolic OH excluding ortho intramolecular Hbond substituents is 1. The Morgan fingerprint density at radius 2 is 1.95 bits per heavy atom. The highest BCUT2D eigenvalue weighted by atomic mass is 19.4. The van der Waals surface area contributed by atoms with Gasteiger partial charge in [0.25, 0.3) is 0 Å². The zero-order chi connectivity index (χ0) is 15.9. The average molecular weight is 313 g/mol. The molecule has 1 aromatic carbocycles. The van der Waals surface area contributed by atoms with Crippen LogP contribution in [0.1, 0.15) is 12.0 Å². The van der Waals surface area contributed by atoms with Crippen molar-refractivity contribution in [2.45, 2.75) is 19.0 Å². The van der Waals surface area contributed by atoms with Crippen LogP contribution in [0.2, 0.25) is 0 Å². The van der Waals surface area contributed by atoms with Gasteiger partial charge in [0.2, 0.25) is 12.3 Å². The minimum atomic E-state index is -5.00. The van der Waals surface area contributed by atoms with Gasteiger partial charge in [0.1, 0.15) is 11.6 Å². The van der Waals surface area contributed by atoms with Crippen LogP contribution < -0.4 is 5.32 Å². The van der Waals surface area contributed by atoms with Crippen LogP contribution in [0.3, 0.4) is 0 Å². The summed E-state index contributed by atoms with van der Waals surface area (Å²) in [6.45, 7) is 0. The molecule has 0 spiro atoms. The first kappa shape index (κ1) is 15.5. The number of hydrogen-bond donors (Lipinski definition) is 2. The molecular weight excluding hydrogens is 304 g/mol. The Morgan fingerprint density at radius 1 is 1.33 bits per heavy atom. The molecule has 1 aliphatic carbocycles. The number of hydrogen-bond acceptors (Lipinski definition) is 2. The van der Waals surface area contributed by atoms with E-state index in [4.69, 9.17) is 0 Å². The predicted molar refractivity (Wildman–Crippen MR) is 59.3 cm³/mol. The number of carbonyl (C=O) groups excluding carboxylic acids is 1. The van der Waals surface area contributed by atoms with E-state index in [1.165, 1.54) is 0 Å². The van der Waals surface area contributed by atoms with Gasteiger partial charge in [-0.1, -0.05) is 0 Å². The quantitative estimate of drug-likeness (QED) is 0.664. The molecular formula is C12H9F6NO2. The van der Waals surface area contributed by atoms with Gasteiger partial charge >= 0.3 is 6.18 Å². The minimum absolute atomic E-state index is 0.0621. The van der Waals surface area contributed by atoms with E-state index < -0.39 is 53.2 Å². The Balaban J connectivity index is 2.15. The lowest BCUT2D eigenvalue weighted by Gasteiger charge is -2.12. The second kappa shape index (κ2) is 5.12. The third kappa shape index (κ3) is 3.22. The molecule has 1 aromatic rings. The van der Waals surface area contributed by atoms with Crippen molar-refractivity contribution in [1.82, 2.24) is 0 Å². The van der Waals surface area contributed by atoms with Gasteiger partial charge in [0.05, 0.1) is 11.3 Å². The Morgan fingerprint density at radius 3 is 2.43 bits per heavy atom. The van der Waals surface area contributed by atoms with Crippen molar-refractivity contribution in [3.8, 4) is 5.75 Å². The fraction of sp³-hybridized carbons (Fsp3) is 0.417.